The highest BCUT2D eigenvalue weighted by molar-refractivity contribution is 5.94. The maximum absolute atomic E-state index is 13.0. The van der Waals surface area contributed by atoms with Gasteiger partial charge in [-0.15, -0.1) is 0 Å². The fourth-order valence-electron chi connectivity index (χ4n) is 3.98. The van der Waals surface area contributed by atoms with Gasteiger partial charge < -0.3 is 19.0 Å². The third-order valence-corrected chi connectivity index (χ3v) is 5.49. The monoisotopic (exact) mass is 377 g/mol. The van der Waals surface area contributed by atoms with Gasteiger partial charge in [0.1, 0.15) is 11.3 Å². The molecule has 144 valence electrons. The smallest absolute Gasteiger partial charge is 0.298 e. The van der Waals surface area contributed by atoms with Crippen LogP contribution in [0.25, 0.3) is 11.1 Å². The molecule has 0 unspecified atom stereocenters. The summed E-state index contributed by atoms with van der Waals surface area (Å²) in [6, 6.07) is 14.3. The van der Waals surface area contributed by atoms with E-state index in [2.05, 4.69) is 9.88 Å². The van der Waals surface area contributed by atoms with E-state index in [9.17, 15) is 4.79 Å². The molecular formula is C22H23N3O3. The molecule has 2 aromatic carbocycles. The second-order valence-corrected chi connectivity index (χ2v) is 7.37. The zero-order chi connectivity index (χ0) is 18.9. The second kappa shape index (κ2) is 7.19. The van der Waals surface area contributed by atoms with Gasteiger partial charge in [0.25, 0.3) is 11.9 Å². The minimum Gasteiger partial charge on any atom is -0.493 e. The number of hydrogen-bond acceptors (Lipinski definition) is 5. The van der Waals surface area contributed by atoms with Crippen LogP contribution < -0.4 is 9.64 Å². The molecule has 3 aromatic rings. The van der Waals surface area contributed by atoms with E-state index in [0.717, 1.165) is 66.9 Å². The summed E-state index contributed by atoms with van der Waals surface area (Å²) >= 11 is 0. The number of para-hydroxylation sites is 2. The van der Waals surface area contributed by atoms with Crippen molar-refractivity contribution in [2.45, 2.75) is 19.3 Å². The topological polar surface area (TPSA) is 58.8 Å². The molecule has 3 heterocycles. The van der Waals surface area contributed by atoms with Crippen LogP contribution in [0, 0.1) is 0 Å². The van der Waals surface area contributed by atoms with Crippen molar-refractivity contribution >= 4 is 23.0 Å². The predicted octanol–water partition coefficient (Wildman–Crippen LogP) is 3.51. The van der Waals surface area contributed by atoms with E-state index in [4.69, 9.17) is 9.15 Å². The largest absolute Gasteiger partial charge is 0.493 e. The van der Waals surface area contributed by atoms with Crippen LogP contribution in [0.3, 0.4) is 0 Å². The first kappa shape index (κ1) is 17.1. The van der Waals surface area contributed by atoms with Crippen molar-refractivity contribution < 1.29 is 13.9 Å². The Morgan fingerprint density at radius 3 is 2.86 bits per heavy atom. The van der Waals surface area contributed by atoms with Crippen LogP contribution in [0.15, 0.2) is 46.9 Å². The van der Waals surface area contributed by atoms with E-state index >= 15 is 0 Å². The van der Waals surface area contributed by atoms with Gasteiger partial charge in [-0.05, 0) is 55.2 Å². The molecule has 6 nitrogen and oxygen atoms in total. The molecule has 1 amide bonds. The number of fused-ring (bicyclic) bond motifs is 2. The van der Waals surface area contributed by atoms with Gasteiger partial charge in [-0.2, -0.15) is 4.98 Å². The summed E-state index contributed by atoms with van der Waals surface area (Å²) in [4.78, 5) is 21.7. The number of ether oxygens (including phenoxy) is 1. The van der Waals surface area contributed by atoms with E-state index in [1.54, 1.807) is 0 Å². The average molecular weight is 377 g/mol. The Labute approximate surface area is 163 Å². The first-order chi connectivity index (χ1) is 13.8. The van der Waals surface area contributed by atoms with Crippen molar-refractivity contribution in [3.05, 3.63) is 53.6 Å². The number of anilines is 1. The van der Waals surface area contributed by atoms with Crippen LogP contribution >= 0.6 is 0 Å². The molecule has 6 heteroatoms. The number of hydrogen-bond donors (Lipinski definition) is 0. The molecule has 0 spiro atoms. The summed E-state index contributed by atoms with van der Waals surface area (Å²) in [5, 5.41) is 0. The van der Waals surface area contributed by atoms with Gasteiger partial charge in [0, 0.05) is 31.7 Å². The molecule has 0 N–H and O–H groups in total. The third kappa shape index (κ3) is 3.19. The average Bonchev–Trinajstić information content (AvgIpc) is 3.02. The third-order valence-electron chi connectivity index (χ3n) is 5.49. The quantitative estimate of drug-likeness (QED) is 0.684. The fraction of sp³-hybridized carbons (Fsp3) is 0.364. The lowest BCUT2D eigenvalue weighted by atomic mass is 10.0. The number of rotatable bonds is 2. The van der Waals surface area contributed by atoms with Crippen molar-refractivity contribution in [2.75, 3.05) is 37.7 Å². The van der Waals surface area contributed by atoms with Crippen molar-refractivity contribution in [1.29, 1.82) is 0 Å². The number of carbonyl (C=O) groups is 1. The van der Waals surface area contributed by atoms with Crippen LogP contribution in [0.5, 0.6) is 5.75 Å². The van der Waals surface area contributed by atoms with Crippen molar-refractivity contribution in [3.8, 4) is 5.75 Å². The summed E-state index contributed by atoms with van der Waals surface area (Å²) in [6.07, 6.45) is 2.87. The number of aromatic nitrogens is 1. The van der Waals surface area contributed by atoms with Crippen LogP contribution in [0.4, 0.5) is 6.01 Å². The molecule has 0 bridgehead atoms. The summed E-state index contributed by atoms with van der Waals surface area (Å²) in [7, 11) is 0. The SMILES string of the molecule is O=C(c1ccc2c(c1)CCCO2)N1CCCN(c2nc3ccccc3o2)CC1. The molecule has 0 radical (unpaired) electrons. The summed E-state index contributed by atoms with van der Waals surface area (Å²) in [6.45, 7) is 3.70. The summed E-state index contributed by atoms with van der Waals surface area (Å²) in [5.41, 5.74) is 3.55. The number of oxazole rings is 1. The lowest BCUT2D eigenvalue weighted by Crippen LogP contribution is -2.35. The minimum atomic E-state index is 0.0905. The van der Waals surface area contributed by atoms with Gasteiger partial charge in [0.05, 0.1) is 6.61 Å². The van der Waals surface area contributed by atoms with Crippen LogP contribution in [0.2, 0.25) is 0 Å². The second-order valence-electron chi connectivity index (χ2n) is 7.37. The van der Waals surface area contributed by atoms with Gasteiger partial charge in [0.15, 0.2) is 5.58 Å². The van der Waals surface area contributed by atoms with E-state index < -0.39 is 0 Å². The van der Waals surface area contributed by atoms with E-state index in [0.29, 0.717) is 19.1 Å². The van der Waals surface area contributed by atoms with Gasteiger partial charge in [-0.1, -0.05) is 12.1 Å². The van der Waals surface area contributed by atoms with Crippen LogP contribution in [0.1, 0.15) is 28.8 Å². The van der Waals surface area contributed by atoms with E-state index in [1.165, 1.54) is 0 Å². The standard InChI is InChI=1S/C22H23N3O3/c26-21(17-8-9-19-16(15-17)5-3-14-27-19)24-10-4-11-25(13-12-24)22-23-18-6-1-2-7-20(18)28-22/h1-2,6-9,15H,3-5,10-14H2. The fourth-order valence-corrected chi connectivity index (χ4v) is 3.98. The molecule has 0 aliphatic carbocycles. The van der Waals surface area contributed by atoms with Gasteiger partial charge in [0.2, 0.25) is 0 Å². The molecule has 1 saturated heterocycles. The first-order valence-corrected chi connectivity index (χ1v) is 9.93. The van der Waals surface area contributed by atoms with Crippen molar-refractivity contribution in [1.82, 2.24) is 9.88 Å². The van der Waals surface area contributed by atoms with E-state index in [-0.39, 0.29) is 5.91 Å². The van der Waals surface area contributed by atoms with Crippen molar-refractivity contribution in [3.63, 3.8) is 0 Å². The van der Waals surface area contributed by atoms with Crippen LogP contribution in [-0.2, 0) is 6.42 Å². The molecule has 1 fully saturated rings. The first-order valence-electron chi connectivity index (χ1n) is 9.93. The van der Waals surface area contributed by atoms with E-state index in [1.807, 2.05) is 47.4 Å². The van der Waals surface area contributed by atoms with Gasteiger partial charge in [-0.25, -0.2) is 0 Å². The number of amides is 1. The number of nitrogens with zero attached hydrogens (tertiary/aromatic N) is 3. The number of benzene rings is 2. The highest BCUT2D eigenvalue weighted by Crippen LogP contribution is 2.27. The Bertz CT molecular complexity index is 980. The molecule has 0 atom stereocenters. The Hall–Kier alpha value is -3.02. The molecule has 5 rings (SSSR count). The van der Waals surface area contributed by atoms with Crippen molar-refractivity contribution in [2.24, 2.45) is 0 Å². The highest BCUT2D eigenvalue weighted by atomic mass is 16.5. The van der Waals surface area contributed by atoms with Gasteiger partial charge in [-0.3, -0.25) is 4.79 Å². The molecule has 1 aromatic heterocycles. The zero-order valence-corrected chi connectivity index (χ0v) is 15.8. The number of carbonyl (C=O) groups excluding carboxylic acids is 1. The maximum atomic E-state index is 13.0. The molecule has 2 aliphatic heterocycles. The number of aryl methyl sites for hydroxylation is 1. The Kier molecular flexibility index (Phi) is 4.39. The molecular weight excluding hydrogens is 354 g/mol. The lowest BCUT2D eigenvalue weighted by molar-refractivity contribution is 0.0766. The minimum absolute atomic E-state index is 0.0905. The Balaban J connectivity index is 1.30. The summed E-state index contributed by atoms with van der Waals surface area (Å²) in [5.74, 6) is 1.01. The molecule has 0 saturated carbocycles. The van der Waals surface area contributed by atoms with Crippen LogP contribution in [-0.4, -0.2) is 48.6 Å². The lowest BCUT2D eigenvalue weighted by Gasteiger charge is -2.23. The summed E-state index contributed by atoms with van der Waals surface area (Å²) < 4.78 is 11.6. The highest BCUT2D eigenvalue weighted by Gasteiger charge is 2.24. The Morgan fingerprint density at radius 2 is 1.93 bits per heavy atom. The maximum Gasteiger partial charge on any atom is 0.298 e. The predicted molar refractivity (Wildman–Crippen MR) is 107 cm³/mol. The molecule has 2 aliphatic rings. The molecule has 28 heavy (non-hydrogen) atoms. The van der Waals surface area contributed by atoms with Gasteiger partial charge >= 0.3 is 0 Å². The Morgan fingerprint density at radius 1 is 1.00 bits per heavy atom. The normalized spacial score (nSPS) is 17.1. The zero-order valence-electron chi connectivity index (χ0n) is 15.8.